The van der Waals surface area contributed by atoms with Gasteiger partial charge in [0.15, 0.2) is 0 Å². The molecule has 0 saturated carbocycles. The molecule has 94 valence electrons. The van der Waals surface area contributed by atoms with E-state index >= 15 is 0 Å². The van der Waals surface area contributed by atoms with Gasteiger partial charge in [-0.05, 0) is 36.2 Å². The van der Waals surface area contributed by atoms with E-state index in [1.807, 2.05) is 0 Å². The third-order valence-corrected chi connectivity index (χ3v) is 3.13. The molecule has 0 aliphatic rings. The van der Waals surface area contributed by atoms with Crippen LogP contribution in [0.1, 0.15) is 22.9 Å². The van der Waals surface area contributed by atoms with Crippen LogP contribution in [0.25, 0.3) is 0 Å². The van der Waals surface area contributed by atoms with Crippen LogP contribution in [-0.2, 0) is 0 Å². The van der Waals surface area contributed by atoms with Gasteiger partial charge in [0.05, 0.1) is 15.7 Å². The summed E-state index contributed by atoms with van der Waals surface area (Å²) in [5.74, 6) is -0.349. The summed E-state index contributed by atoms with van der Waals surface area (Å²) in [6, 6.07) is 5.66. The van der Waals surface area contributed by atoms with Gasteiger partial charge in [-0.2, -0.15) is 0 Å². The lowest BCUT2D eigenvalue weighted by Crippen LogP contribution is -2.05. The van der Waals surface area contributed by atoms with Crippen molar-refractivity contribution in [3.05, 3.63) is 63.1 Å². The van der Waals surface area contributed by atoms with E-state index in [0.717, 1.165) is 0 Å². The lowest BCUT2D eigenvalue weighted by atomic mass is 10.0. The Kier molecular flexibility index (Phi) is 3.85. The topological polar surface area (TPSA) is 33.1 Å². The molecule has 1 unspecified atom stereocenters. The Balaban J connectivity index is 2.44. The zero-order chi connectivity index (χ0) is 13.3. The second-order valence-electron chi connectivity index (χ2n) is 3.92. The second kappa shape index (κ2) is 5.22. The van der Waals surface area contributed by atoms with E-state index in [1.54, 1.807) is 6.92 Å². The summed E-state index contributed by atoms with van der Waals surface area (Å²) in [5, 5.41) is 10.9. The molecular formula is C13H10Cl2FNO. The van der Waals surface area contributed by atoms with Crippen LogP contribution in [0.5, 0.6) is 0 Å². The van der Waals surface area contributed by atoms with Crippen LogP contribution in [0.4, 0.5) is 4.39 Å². The summed E-state index contributed by atoms with van der Waals surface area (Å²) in [7, 11) is 0. The van der Waals surface area contributed by atoms with Crippen molar-refractivity contribution < 1.29 is 9.50 Å². The van der Waals surface area contributed by atoms with Crippen molar-refractivity contribution in [2.24, 2.45) is 0 Å². The molecule has 1 atom stereocenters. The Morgan fingerprint density at radius 1 is 1.28 bits per heavy atom. The van der Waals surface area contributed by atoms with Crippen LogP contribution in [0, 0.1) is 12.7 Å². The largest absolute Gasteiger partial charge is 0.382 e. The quantitative estimate of drug-likeness (QED) is 0.907. The van der Waals surface area contributed by atoms with Gasteiger partial charge in [0.25, 0.3) is 0 Å². The number of nitrogens with zero attached hydrogens (tertiary/aromatic N) is 1. The zero-order valence-electron chi connectivity index (χ0n) is 9.49. The molecule has 5 heteroatoms. The van der Waals surface area contributed by atoms with Crippen molar-refractivity contribution >= 4 is 23.2 Å². The smallest absolute Gasteiger partial charge is 0.123 e. The van der Waals surface area contributed by atoms with Crippen LogP contribution in [0.2, 0.25) is 10.0 Å². The fourth-order valence-corrected chi connectivity index (χ4v) is 2.20. The highest BCUT2D eigenvalue weighted by Crippen LogP contribution is 2.30. The summed E-state index contributed by atoms with van der Waals surface area (Å²) in [5.41, 5.74) is 1.50. The van der Waals surface area contributed by atoms with Crippen molar-refractivity contribution in [2.45, 2.75) is 13.0 Å². The number of pyridine rings is 1. The van der Waals surface area contributed by atoms with Crippen molar-refractivity contribution in [3.8, 4) is 0 Å². The van der Waals surface area contributed by atoms with Gasteiger partial charge in [0, 0.05) is 6.20 Å². The van der Waals surface area contributed by atoms with Crippen LogP contribution >= 0.6 is 23.2 Å². The first-order chi connectivity index (χ1) is 8.49. The molecule has 0 fully saturated rings. The third kappa shape index (κ3) is 2.64. The minimum atomic E-state index is -1.00. The fraction of sp³-hybridized carbons (Fsp3) is 0.154. The molecule has 1 N–H and O–H groups in total. The van der Waals surface area contributed by atoms with E-state index in [2.05, 4.69) is 4.98 Å². The zero-order valence-corrected chi connectivity index (χ0v) is 11.0. The van der Waals surface area contributed by atoms with Crippen molar-refractivity contribution in [2.75, 3.05) is 0 Å². The molecular weight excluding hydrogens is 276 g/mol. The van der Waals surface area contributed by atoms with Gasteiger partial charge in [-0.15, -0.1) is 0 Å². The van der Waals surface area contributed by atoms with Gasteiger partial charge in [0.2, 0.25) is 0 Å². The molecule has 1 aromatic heterocycles. The summed E-state index contributed by atoms with van der Waals surface area (Å²) in [6.07, 6.45) is 0.403. The van der Waals surface area contributed by atoms with Gasteiger partial charge < -0.3 is 5.11 Å². The number of aromatic nitrogens is 1. The average Bonchev–Trinajstić information content (AvgIpc) is 2.28. The number of hydrogen-bond acceptors (Lipinski definition) is 2. The first-order valence-electron chi connectivity index (χ1n) is 5.24. The fourth-order valence-electron chi connectivity index (χ4n) is 1.72. The lowest BCUT2D eigenvalue weighted by molar-refractivity contribution is 0.214. The number of benzene rings is 1. The second-order valence-corrected chi connectivity index (χ2v) is 4.77. The van der Waals surface area contributed by atoms with E-state index in [0.29, 0.717) is 21.8 Å². The van der Waals surface area contributed by atoms with Crippen LogP contribution in [0.3, 0.4) is 0 Å². The Bertz CT molecular complexity index is 538. The molecule has 0 aliphatic heterocycles. The van der Waals surface area contributed by atoms with E-state index in [4.69, 9.17) is 23.2 Å². The maximum Gasteiger partial charge on any atom is 0.123 e. The van der Waals surface area contributed by atoms with Gasteiger partial charge in [0.1, 0.15) is 11.9 Å². The maximum atomic E-state index is 13.0. The number of hydrogen-bond donors (Lipinski definition) is 1. The van der Waals surface area contributed by atoms with Crippen LogP contribution in [0.15, 0.2) is 30.5 Å². The van der Waals surface area contributed by atoms with E-state index in [9.17, 15) is 9.50 Å². The first kappa shape index (κ1) is 13.3. The van der Waals surface area contributed by atoms with Crippen LogP contribution in [-0.4, -0.2) is 10.1 Å². The van der Waals surface area contributed by atoms with E-state index < -0.39 is 6.10 Å². The highest BCUT2D eigenvalue weighted by atomic mass is 35.5. The SMILES string of the molecule is Cc1cc(F)ccc1C(O)c1ncc(Cl)cc1Cl. The summed E-state index contributed by atoms with van der Waals surface area (Å²) in [6.45, 7) is 1.71. The number of aryl methyl sites for hydroxylation is 1. The average molecular weight is 286 g/mol. The minimum absolute atomic E-state index is 0.277. The molecule has 1 aromatic carbocycles. The minimum Gasteiger partial charge on any atom is -0.382 e. The molecule has 0 amide bonds. The Morgan fingerprint density at radius 3 is 2.61 bits per heavy atom. The molecule has 2 nitrogen and oxygen atoms in total. The molecule has 0 bridgehead atoms. The summed E-state index contributed by atoms with van der Waals surface area (Å²) >= 11 is 11.7. The van der Waals surface area contributed by atoms with Gasteiger partial charge in [-0.1, -0.05) is 29.3 Å². The molecule has 1 heterocycles. The molecule has 0 saturated heterocycles. The molecule has 0 radical (unpaired) electrons. The number of rotatable bonds is 2. The lowest BCUT2D eigenvalue weighted by Gasteiger charge is -2.14. The highest BCUT2D eigenvalue weighted by Gasteiger charge is 2.18. The van der Waals surface area contributed by atoms with Crippen LogP contribution < -0.4 is 0 Å². The Morgan fingerprint density at radius 2 is 2.00 bits per heavy atom. The highest BCUT2D eigenvalue weighted by molar-refractivity contribution is 6.34. The summed E-state index contributed by atoms with van der Waals surface area (Å²) in [4.78, 5) is 4.01. The maximum absolute atomic E-state index is 13.0. The third-order valence-electron chi connectivity index (χ3n) is 2.62. The van der Waals surface area contributed by atoms with Gasteiger partial charge in [-0.3, -0.25) is 4.98 Å². The predicted octanol–water partition coefficient (Wildman–Crippen LogP) is 3.92. The number of aliphatic hydroxyl groups is 1. The molecule has 2 rings (SSSR count). The molecule has 0 spiro atoms. The standard InChI is InChI=1S/C13H10Cl2FNO/c1-7-4-9(16)2-3-10(7)13(18)12-11(15)5-8(14)6-17-12/h2-6,13,18H,1H3. The predicted molar refractivity (Wildman–Crippen MR) is 69.5 cm³/mol. The van der Waals surface area contributed by atoms with Crippen molar-refractivity contribution in [1.82, 2.24) is 4.98 Å². The normalized spacial score (nSPS) is 12.5. The number of halogens is 3. The molecule has 18 heavy (non-hydrogen) atoms. The molecule has 0 aliphatic carbocycles. The first-order valence-corrected chi connectivity index (χ1v) is 5.99. The van der Waals surface area contributed by atoms with Crippen molar-refractivity contribution in [3.63, 3.8) is 0 Å². The van der Waals surface area contributed by atoms with E-state index in [-0.39, 0.29) is 10.8 Å². The van der Waals surface area contributed by atoms with Gasteiger partial charge >= 0.3 is 0 Å². The Hall–Kier alpha value is -1.16. The summed E-state index contributed by atoms with van der Waals surface area (Å²) < 4.78 is 13.0. The van der Waals surface area contributed by atoms with E-state index in [1.165, 1.54) is 30.5 Å². The monoisotopic (exact) mass is 285 g/mol. The van der Waals surface area contributed by atoms with Gasteiger partial charge in [-0.25, -0.2) is 4.39 Å². The molecule has 2 aromatic rings. The van der Waals surface area contributed by atoms with Crippen molar-refractivity contribution in [1.29, 1.82) is 0 Å². The Labute approximate surface area is 114 Å². The number of aliphatic hydroxyl groups excluding tert-OH is 1.